The van der Waals surface area contributed by atoms with Crippen molar-refractivity contribution in [3.8, 4) is 5.75 Å². The topological polar surface area (TPSA) is 46.2 Å². The van der Waals surface area contributed by atoms with Crippen LogP contribution in [0.4, 0.5) is 0 Å². The lowest BCUT2D eigenvalue weighted by atomic mass is 9.77. The van der Waals surface area contributed by atoms with Crippen LogP contribution in [0.15, 0.2) is 18.2 Å². The van der Waals surface area contributed by atoms with E-state index in [-0.39, 0.29) is 11.2 Å². The number of methoxy groups -OCH3 is 1. The molecule has 1 aromatic carbocycles. The average molecular weight is 294 g/mol. The molecule has 1 aliphatic rings. The van der Waals surface area contributed by atoms with Gasteiger partial charge in [0.1, 0.15) is 12.4 Å². The zero-order valence-electron chi connectivity index (χ0n) is 13.6. The van der Waals surface area contributed by atoms with Crippen LogP contribution in [0.2, 0.25) is 0 Å². The quantitative estimate of drug-likeness (QED) is 0.472. The molecular weight excluding hydrogens is 271 g/mol. The molecule has 0 aromatic heterocycles. The van der Waals surface area contributed by atoms with E-state index in [0.29, 0.717) is 6.61 Å². The summed E-state index contributed by atoms with van der Waals surface area (Å²) in [5, 5.41) is 0. The highest BCUT2D eigenvalue weighted by atomic mass is 17.2. The molecule has 0 saturated carbocycles. The Labute approximate surface area is 126 Å². The van der Waals surface area contributed by atoms with Crippen LogP contribution >= 0.6 is 0 Å². The summed E-state index contributed by atoms with van der Waals surface area (Å²) in [7, 11) is 2.65. The first kappa shape index (κ1) is 16.3. The second-order valence-electron chi connectivity index (χ2n) is 6.09. The number of benzene rings is 1. The fraction of sp³-hybridized carbons (Fsp3) is 0.600. The normalized spacial score (nSPS) is 19.8. The molecule has 0 spiro atoms. The number of rotatable bonds is 5. The Morgan fingerprint density at radius 1 is 1.05 bits per heavy atom. The maximum Gasteiger partial charge on any atom is 0.498 e. The molecule has 0 aliphatic carbocycles. The molecule has 0 unspecified atom stereocenters. The zero-order chi connectivity index (χ0) is 15.7. The van der Waals surface area contributed by atoms with E-state index in [9.17, 15) is 0 Å². The maximum absolute atomic E-state index is 6.08. The second-order valence-corrected chi connectivity index (χ2v) is 6.09. The van der Waals surface area contributed by atoms with E-state index in [4.69, 9.17) is 18.9 Å². The van der Waals surface area contributed by atoms with E-state index in [2.05, 4.69) is 4.89 Å². The summed E-state index contributed by atoms with van der Waals surface area (Å²) >= 11 is 0. The molecule has 1 heterocycles. The van der Waals surface area contributed by atoms with Gasteiger partial charge in [0.05, 0.1) is 25.4 Å². The standard InChI is InChI=1S/C15H23BO5/c1-14(2)15(3,4)21-16(20-14)12-9-11(10-19-18-6)7-8-13(12)17-5/h7-9H,10H2,1-6H3. The third kappa shape index (κ3) is 3.24. The Hall–Kier alpha value is -1.08. The molecule has 116 valence electrons. The molecular formula is C15H23BO5. The summed E-state index contributed by atoms with van der Waals surface area (Å²) in [6.45, 7) is 8.45. The van der Waals surface area contributed by atoms with Gasteiger partial charge < -0.3 is 14.0 Å². The van der Waals surface area contributed by atoms with Crippen LogP contribution in [0, 0.1) is 0 Å². The van der Waals surface area contributed by atoms with Crippen LogP contribution in [0.1, 0.15) is 33.3 Å². The molecule has 0 atom stereocenters. The highest BCUT2D eigenvalue weighted by Crippen LogP contribution is 2.37. The fourth-order valence-electron chi connectivity index (χ4n) is 2.15. The minimum absolute atomic E-state index is 0.354. The number of hydrogen-bond donors (Lipinski definition) is 0. The first-order chi connectivity index (χ1) is 9.80. The van der Waals surface area contributed by atoms with E-state index in [1.165, 1.54) is 7.11 Å². The van der Waals surface area contributed by atoms with Crippen LogP contribution in [0.3, 0.4) is 0 Å². The fourth-order valence-corrected chi connectivity index (χ4v) is 2.15. The van der Waals surface area contributed by atoms with Crippen LogP contribution in [0.25, 0.3) is 0 Å². The highest BCUT2D eigenvalue weighted by Gasteiger charge is 2.52. The Morgan fingerprint density at radius 3 is 2.19 bits per heavy atom. The Morgan fingerprint density at radius 2 is 1.67 bits per heavy atom. The van der Waals surface area contributed by atoms with E-state index >= 15 is 0 Å². The maximum atomic E-state index is 6.08. The van der Waals surface area contributed by atoms with Crippen molar-refractivity contribution in [3.05, 3.63) is 23.8 Å². The SMILES string of the molecule is COOCc1ccc(OC)c(B2OC(C)(C)C(C)(C)O2)c1. The van der Waals surface area contributed by atoms with Gasteiger partial charge in [-0.05, 0) is 39.3 Å². The van der Waals surface area contributed by atoms with E-state index < -0.39 is 7.12 Å². The molecule has 0 radical (unpaired) electrons. The summed E-state index contributed by atoms with van der Waals surface area (Å²) in [5.74, 6) is 0.731. The molecule has 6 heteroatoms. The van der Waals surface area contributed by atoms with Crippen LogP contribution in [-0.2, 0) is 25.7 Å². The molecule has 1 aromatic rings. The molecule has 0 N–H and O–H groups in total. The van der Waals surface area contributed by atoms with Gasteiger partial charge in [-0.2, -0.15) is 0 Å². The molecule has 1 aliphatic heterocycles. The van der Waals surface area contributed by atoms with Crippen molar-refractivity contribution in [2.24, 2.45) is 0 Å². The summed E-state index contributed by atoms with van der Waals surface area (Å²) < 4.78 is 17.6. The first-order valence-corrected chi connectivity index (χ1v) is 6.99. The molecule has 5 nitrogen and oxygen atoms in total. The summed E-state index contributed by atoms with van der Waals surface area (Å²) in [5.41, 5.74) is 1.04. The van der Waals surface area contributed by atoms with Gasteiger partial charge in [-0.1, -0.05) is 12.1 Å². The van der Waals surface area contributed by atoms with Crippen molar-refractivity contribution in [2.75, 3.05) is 14.2 Å². The van der Waals surface area contributed by atoms with Gasteiger partial charge >= 0.3 is 7.12 Å². The molecule has 0 amide bonds. The van der Waals surface area contributed by atoms with Crippen molar-refractivity contribution in [1.82, 2.24) is 0 Å². The smallest absolute Gasteiger partial charge is 0.497 e. The first-order valence-electron chi connectivity index (χ1n) is 6.99. The monoisotopic (exact) mass is 294 g/mol. The summed E-state index contributed by atoms with van der Waals surface area (Å²) in [4.78, 5) is 9.61. The van der Waals surface area contributed by atoms with E-state index in [0.717, 1.165) is 16.8 Å². The molecule has 0 bridgehead atoms. The number of hydrogen-bond acceptors (Lipinski definition) is 5. The van der Waals surface area contributed by atoms with E-state index in [1.807, 2.05) is 45.9 Å². The molecule has 1 saturated heterocycles. The lowest BCUT2D eigenvalue weighted by Crippen LogP contribution is -2.41. The Kier molecular flexibility index (Phi) is 4.63. The van der Waals surface area contributed by atoms with Crippen molar-refractivity contribution in [3.63, 3.8) is 0 Å². The van der Waals surface area contributed by atoms with Crippen molar-refractivity contribution in [1.29, 1.82) is 0 Å². The lowest BCUT2D eigenvalue weighted by molar-refractivity contribution is -0.282. The van der Waals surface area contributed by atoms with Crippen molar-refractivity contribution in [2.45, 2.75) is 45.5 Å². The Balaban J connectivity index is 2.30. The molecule has 2 rings (SSSR count). The van der Waals surface area contributed by atoms with E-state index in [1.54, 1.807) is 7.11 Å². The zero-order valence-corrected chi connectivity index (χ0v) is 13.6. The predicted molar refractivity (Wildman–Crippen MR) is 80.5 cm³/mol. The summed E-state index contributed by atoms with van der Waals surface area (Å²) in [6.07, 6.45) is 0. The second kappa shape index (κ2) is 5.97. The largest absolute Gasteiger partial charge is 0.498 e. The number of ether oxygens (including phenoxy) is 1. The van der Waals surface area contributed by atoms with Gasteiger partial charge in [0.15, 0.2) is 0 Å². The van der Waals surface area contributed by atoms with Gasteiger partial charge in [0.25, 0.3) is 0 Å². The Bertz CT molecular complexity index is 485. The van der Waals surface area contributed by atoms with Gasteiger partial charge in [0, 0.05) is 5.46 Å². The van der Waals surface area contributed by atoms with Gasteiger partial charge in [-0.3, -0.25) is 0 Å². The van der Waals surface area contributed by atoms with Crippen molar-refractivity contribution < 1.29 is 23.8 Å². The highest BCUT2D eigenvalue weighted by molar-refractivity contribution is 6.63. The molecule has 21 heavy (non-hydrogen) atoms. The van der Waals surface area contributed by atoms with Crippen LogP contribution < -0.4 is 10.2 Å². The average Bonchev–Trinajstić information content (AvgIpc) is 2.65. The minimum Gasteiger partial charge on any atom is -0.497 e. The van der Waals surface area contributed by atoms with Gasteiger partial charge in [-0.25, -0.2) is 9.78 Å². The third-order valence-corrected chi connectivity index (χ3v) is 4.14. The lowest BCUT2D eigenvalue weighted by Gasteiger charge is -2.32. The van der Waals surface area contributed by atoms with Gasteiger partial charge in [-0.15, -0.1) is 0 Å². The van der Waals surface area contributed by atoms with Crippen LogP contribution in [0.5, 0.6) is 5.75 Å². The van der Waals surface area contributed by atoms with Crippen molar-refractivity contribution >= 4 is 12.6 Å². The molecule has 1 fully saturated rings. The minimum atomic E-state index is -0.465. The van der Waals surface area contributed by atoms with Gasteiger partial charge in [0.2, 0.25) is 0 Å². The summed E-state index contributed by atoms with van der Waals surface area (Å²) in [6, 6.07) is 5.77. The third-order valence-electron chi connectivity index (χ3n) is 4.14. The predicted octanol–water partition coefficient (Wildman–Crippen LogP) is 2.07. The van der Waals surface area contributed by atoms with Crippen LogP contribution in [-0.4, -0.2) is 32.5 Å².